The Morgan fingerprint density at radius 2 is 1.58 bits per heavy atom. The van der Waals surface area contributed by atoms with E-state index < -0.39 is 0 Å². The van der Waals surface area contributed by atoms with Gasteiger partial charge in [-0.25, -0.2) is 0 Å². The van der Waals surface area contributed by atoms with Crippen molar-refractivity contribution >= 4 is 7.85 Å². The van der Waals surface area contributed by atoms with Crippen molar-refractivity contribution in [2.24, 2.45) is 35.0 Å². The van der Waals surface area contributed by atoms with Gasteiger partial charge in [-0.15, -0.1) is 0 Å². The van der Waals surface area contributed by atoms with Gasteiger partial charge >= 0.3 is 0 Å². The summed E-state index contributed by atoms with van der Waals surface area (Å²) in [6, 6.07) is 0. The Hall–Kier alpha value is 0.0649. The van der Waals surface area contributed by atoms with E-state index in [2.05, 4.69) is 7.85 Å². The second-order valence-electron chi connectivity index (χ2n) is 5.69. The van der Waals surface area contributed by atoms with Crippen LogP contribution in [0.1, 0.15) is 25.7 Å². The molecule has 0 N–H and O–H groups in total. The second kappa shape index (κ2) is 1.65. The summed E-state index contributed by atoms with van der Waals surface area (Å²) in [7, 11) is 2.45. The van der Waals surface area contributed by atoms with E-state index in [0.717, 1.165) is 5.41 Å². The molecular formula is C11H17B. The van der Waals surface area contributed by atoms with E-state index in [-0.39, 0.29) is 0 Å². The molecule has 0 aromatic carbocycles. The highest BCUT2D eigenvalue weighted by Crippen LogP contribution is 2.84. The van der Waals surface area contributed by atoms with Gasteiger partial charge in [0.1, 0.15) is 7.85 Å². The maximum Gasteiger partial charge on any atom is 0.102 e. The van der Waals surface area contributed by atoms with Crippen LogP contribution in [0.5, 0.6) is 0 Å². The average molecular weight is 160 g/mol. The molecule has 4 unspecified atom stereocenters. The molecule has 4 fully saturated rings. The molecule has 4 aliphatic carbocycles. The highest BCUT2D eigenvalue weighted by molar-refractivity contribution is 6.09. The summed E-state index contributed by atoms with van der Waals surface area (Å²) < 4.78 is 0. The third kappa shape index (κ3) is 0.373. The predicted molar refractivity (Wildman–Crippen MR) is 51.7 cm³/mol. The van der Waals surface area contributed by atoms with Crippen LogP contribution in [-0.2, 0) is 0 Å². The molecule has 0 saturated heterocycles. The molecule has 0 aromatic rings. The quantitative estimate of drug-likeness (QED) is 0.512. The van der Waals surface area contributed by atoms with Crippen molar-refractivity contribution in [3.8, 4) is 0 Å². The van der Waals surface area contributed by atoms with Crippen LogP contribution < -0.4 is 0 Å². The van der Waals surface area contributed by atoms with E-state index in [1.807, 2.05) is 0 Å². The van der Waals surface area contributed by atoms with E-state index in [1.54, 1.807) is 25.7 Å². The molecule has 0 radical (unpaired) electrons. The van der Waals surface area contributed by atoms with Crippen molar-refractivity contribution in [2.75, 3.05) is 0 Å². The summed E-state index contributed by atoms with van der Waals surface area (Å²) in [5.41, 5.74) is 0.936. The lowest BCUT2D eigenvalue weighted by Gasteiger charge is -2.84. The Labute approximate surface area is 75.5 Å². The third-order valence-electron chi connectivity index (χ3n) is 6.19. The highest BCUT2D eigenvalue weighted by atomic mass is 14.8. The first-order valence-corrected chi connectivity index (χ1v) is 5.89. The molecular weight excluding hydrogens is 143 g/mol. The van der Waals surface area contributed by atoms with Crippen molar-refractivity contribution < 1.29 is 0 Å². The van der Waals surface area contributed by atoms with Gasteiger partial charge in [0.15, 0.2) is 0 Å². The van der Waals surface area contributed by atoms with E-state index in [1.165, 1.54) is 35.9 Å². The third-order valence-corrected chi connectivity index (χ3v) is 6.19. The Balaban J connectivity index is 1.73. The molecule has 1 heteroatoms. The topological polar surface area (TPSA) is 0 Å². The van der Waals surface area contributed by atoms with E-state index in [9.17, 15) is 0 Å². The standard InChI is InChI=1S/C11H17B/c12-5-11-8-3-1-6(8)10(11)7-2-4-9(7)11/h6-10H,1-5,12H2. The van der Waals surface area contributed by atoms with Crippen LogP contribution in [0.3, 0.4) is 0 Å². The van der Waals surface area contributed by atoms with Crippen molar-refractivity contribution in [2.45, 2.75) is 32.0 Å². The fraction of sp³-hybridized carbons (Fsp3) is 1.00. The van der Waals surface area contributed by atoms with Crippen LogP contribution >= 0.6 is 0 Å². The van der Waals surface area contributed by atoms with E-state index in [0.29, 0.717) is 0 Å². The first-order valence-electron chi connectivity index (χ1n) is 5.89. The van der Waals surface area contributed by atoms with Gasteiger partial charge in [-0.3, -0.25) is 0 Å². The molecule has 0 amide bonds. The zero-order chi connectivity index (χ0) is 7.92. The summed E-state index contributed by atoms with van der Waals surface area (Å²) in [4.78, 5) is 0. The average Bonchev–Trinajstić information content (AvgIpc) is 1.97. The lowest BCUT2D eigenvalue weighted by Crippen LogP contribution is -2.78. The number of fused-ring (bicyclic) bond motifs is 7. The van der Waals surface area contributed by atoms with E-state index in [4.69, 9.17) is 0 Å². The Bertz CT molecular complexity index is 227. The lowest BCUT2D eigenvalue weighted by molar-refractivity contribution is -0.352. The largest absolute Gasteiger partial charge is 0.102 e. The minimum Gasteiger partial charge on any atom is -0.0747 e. The van der Waals surface area contributed by atoms with Crippen LogP contribution in [0.4, 0.5) is 0 Å². The molecule has 0 heterocycles. The summed E-state index contributed by atoms with van der Waals surface area (Å²) in [5, 5.41) is 0. The number of hydrogen-bond donors (Lipinski definition) is 0. The summed E-state index contributed by atoms with van der Waals surface area (Å²) in [6.07, 6.45) is 7.90. The normalized spacial score (nSPS) is 70.2. The fourth-order valence-corrected chi connectivity index (χ4v) is 5.65. The smallest absolute Gasteiger partial charge is 0.0747 e. The summed E-state index contributed by atoms with van der Waals surface area (Å²) >= 11 is 0. The van der Waals surface area contributed by atoms with Crippen molar-refractivity contribution in [1.29, 1.82) is 0 Å². The Kier molecular flexibility index (Phi) is 0.895. The first kappa shape index (κ1) is 6.51. The van der Waals surface area contributed by atoms with Crippen LogP contribution in [0, 0.1) is 35.0 Å². The van der Waals surface area contributed by atoms with Gasteiger partial charge in [-0.2, -0.15) is 0 Å². The highest BCUT2D eigenvalue weighted by Gasteiger charge is 2.78. The van der Waals surface area contributed by atoms with Crippen molar-refractivity contribution in [3.63, 3.8) is 0 Å². The molecule has 12 heavy (non-hydrogen) atoms. The van der Waals surface area contributed by atoms with Crippen LogP contribution in [0.15, 0.2) is 0 Å². The van der Waals surface area contributed by atoms with Gasteiger partial charge in [0.2, 0.25) is 0 Å². The minimum absolute atomic E-state index is 0.936. The monoisotopic (exact) mass is 160 g/mol. The number of rotatable bonds is 1. The molecule has 64 valence electrons. The zero-order valence-corrected chi connectivity index (χ0v) is 7.92. The zero-order valence-electron chi connectivity index (χ0n) is 7.92. The molecule has 4 rings (SSSR count). The van der Waals surface area contributed by atoms with E-state index >= 15 is 0 Å². The fourth-order valence-electron chi connectivity index (χ4n) is 5.65. The van der Waals surface area contributed by atoms with Gasteiger partial charge < -0.3 is 0 Å². The molecule has 0 aliphatic heterocycles. The van der Waals surface area contributed by atoms with Gasteiger partial charge in [0.25, 0.3) is 0 Å². The van der Waals surface area contributed by atoms with Gasteiger partial charge in [-0.1, -0.05) is 6.32 Å². The summed E-state index contributed by atoms with van der Waals surface area (Å²) in [6.45, 7) is 0. The van der Waals surface area contributed by atoms with Crippen molar-refractivity contribution in [1.82, 2.24) is 0 Å². The molecule has 4 aliphatic rings. The van der Waals surface area contributed by atoms with Crippen LogP contribution in [0.2, 0.25) is 6.32 Å². The lowest BCUT2D eigenvalue weighted by atomic mass is 9.19. The van der Waals surface area contributed by atoms with Gasteiger partial charge in [-0.05, 0) is 60.7 Å². The minimum atomic E-state index is 0.936. The van der Waals surface area contributed by atoms with Gasteiger partial charge in [0, 0.05) is 0 Å². The predicted octanol–water partition coefficient (Wildman–Crippen LogP) is 1.72. The molecule has 4 atom stereocenters. The SMILES string of the molecule is BCC12C3CCC3C1C1CCC12. The second-order valence-corrected chi connectivity index (χ2v) is 5.69. The van der Waals surface area contributed by atoms with Crippen molar-refractivity contribution in [3.05, 3.63) is 0 Å². The Morgan fingerprint density at radius 3 is 1.83 bits per heavy atom. The molecule has 4 saturated carbocycles. The Morgan fingerprint density at radius 1 is 1.00 bits per heavy atom. The maximum absolute atomic E-state index is 2.45. The summed E-state index contributed by atoms with van der Waals surface area (Å²) in [5.74, 6) is 6.13. The molecule has 0 nitrogen and oxygen atoms in total. The molecule has 0 aromatic heterocycles. The number of hydrogen-bond acceptors (Lipinski definition) is 0. The van der Waals surface area contributed by atoms with Crippen LogP contribution in [-0.4, -0.2) is 7.85 Å². The molecule has 0 bridgehead atoms. The maximum atomic E-state index is 2.45. The van der Waals surface area contributed by atoms with Crippen LogP contribution in [0.25, 0.3) is 0 Å². The molecule has 0 spiro atoms. The van der Waals surface area contributed by atoms with Gasteiger partial charge in [0.05, 0.1) is 0 Å². The first-order chi connectivity index (χ1) is 5.89.